The number of nitrogens with one attached hydrogen (secondary N) is 1. The second-order valence-corrected chi connectivity index (χ2v) is 5.26. The zero-order valence-corrected chi connectivity index (χ0v) is 12.9. The lowest BCUT2D eigenvalue weighted by atomic mass is 10.1. The minimum Gasteiger partial charge on any atom is -0.480 e. The number of thioether (sulfide) groups is 1. The van der Waals surface area contributed by atoms with Crippen LogP contribution in [-0.4, -0.2) is 39.2 Å². The molecule has 2 N–H and O–H groups in total. The molecule has 1 heterocycles. The van der Waals surface area contributed by atoms with Crippen LogP contribution in [0.5, 0.6) is 0 Å². The number of hydrogen-bond acceptors (Lipinski definition) is 5. The number of carbonyl (C=O) groups excluding carboxylic acids is 1. The third kappa shape index (κ3) is 4.48. The second-order valence-electron chi connectivity index (χ2n) is 4.49. The lowest BCUT2D eigenvalue weighted by Gasteiger charge is -2.11. The van der Waals surface area contributed by atoms with Gasteiger partial charge >= 0.3 is 5.97 Å². The van der Waals surface area contributed by atoms with E-state index >= 15 is 0 Å². The van der Waals surface area contributed by atoms with Crippen LogP contribution in [0.3, 0.4) is 0 Å². The molecule has 0 aliphatic heterocycles. The molecule has 0 unspecified atom stereocenters. The predicted octanol–water partition coefficient (Wildman–Crippen LogP) is 1.34. The molecule has 1 aromatic rings. The van der Waals surface area contributed by atoms with Crippen LogP contribution in [0.15, 0.2) is 5.16 Å². The minimum absolute atomic E-state index is 0.223. The maximum atomic E-state index is 11.7. The molecule has 1 rings (SSSR count). The van der Waals surface area contributed by atoms with Crippen molar-refractivity contribution in [3.63, 3.8) is 0 Å². The molecule has 0 radical (unpaired) electrons. The summed E-state index contributed by atoms with van der Waals surface area (Å²) >= 11 is 1.48. The summed E-state index contributed by atoms with van der Waals surface area (Å²) < 4.78 is 0. The van der Waals surface area contributed by atoms with Crippen molar-refractivity contribution in [1.82, 2.24) is 15.3 Å². The molecule has 6 nitrogen and oxygen atoms in total. The van der Waals surface area contributed by atoms with Gasteiger partial charge in [0.1, 0.15) is 6.04 Å². The Hall–Kier alpha value is -1.63. The van der Waals surface area contributed by atoms with Gasteiger partial charge in [-0.25, -0.2) is 9.97 Å². The summed E-state index contributed by atoms with van der Waals surface area (Å²) in [4.78, 5) is 31.0. The topological polar surface area (TPSA) is 92.2 Å². The first-order chi connectivity index (χ1) is 9.35. The molecule has 0 saturated carbocycles. The van der Waals surface area contributed by atoms with E-state index in [0.29, 0.717) is 11.6 Å². The van der Waals surface area contributed by atoms with Gasteiger partial charge in [0.25, 0.3) is 0 Å². The number of nitrogens with zero attached hydrogens (tertiary/aromatic N) is 2. The third-order valence-electron chi connectivity index (χ3n) is 2.93. The molecule has 110 valence electrons. The second kappa shape index (κ2) is 7.23. The molecule has 0 spiro atoms. The van der Waals surface area contributed by atoms with Crippen molar-refractivity contribution in [2.75, 3.05) is 6.26 Å². The van der Waals surface area contributed by atoms with E-state index in [1.807, 2.05) is 20.1 Å². The molecule has 0 saturated heterocycles. The number of carboxylic acids is 1. The van der Waals surface area contributed by atoms with E-state index in [4.69, 9.17) is 5.11 Å². The summed E-state index contributed by atoms with van der Waals surface area (Å²) in [5.41, 5.74) is 2.67. The van der Waals surface area contributed by atoms with E-state index in [0.717, 1.165) is 17.0 Å². The summed E-state index contributed by atoms with van der Waals surface area (Å²) in [6, 6.07) is -0.875. The van der Waals surface area contributed by atoms with Crippen molar-refractivity contribution >= 4 is 23.6 Å². The number of aryl methyl sites for hydroxylation is 2. The fourth-order valence-electron chi connectivity index (χ4n) is 1.78. The maximum absolute atomic E-state index is 11.7. The molecule has 1 amide bonds. The smallest absolute Gasteiger partial charge is 0.325 e. The zero-order chi connectivity index (χ0) is 15.3. The molecule has 1 aromatic heterocycles. The molecule has 0 fully saturated rings. The Morgan fingerprint density at radius 2 is 1.85 bits per heavy atom. The molecule has 0 aliphatic rings. The molecule has 0 aromatic carbocycles. The van der Waals surface area contributed by atoms with Gasteiger partial charge in [0.2, 0.25) is 5.91 Å². The standard InChI is InChI=1S/C13H19N3O3S/c1-7-10(8(2)16-13(15-7)20-4)5-6-11(17)14-9(3)12(18)19/h9H,5-6H2,1-4H3,(H,14,17)(H,18,19)/t9-/m1/s1. The summed E-state index contributed by atoms with van der Waals surface area (Å²) in [7, 11) is 0. The van der Waals surface area contributed by atoms with Crippen LogP contribution >= 0.6 is 11.8 Å². The first kappa shape index (κ1) is 16.4. The number of hydrogen-bond donors (Lipinski definition) is 2. The Morgan fingerprint density at radius 3 is 2.30 bits per heavy atom. The highest BCUT2D eigenvalue weighted by atomic mass is 32.2. The number of rotatable bonds is 6. The lowest BCUT2D eigenvalue weighted by molar-refractivity contribution is -0.141. The third-order valence-corrected chi connectivity index (χ3v) is 3.48. The average molecular weight is 297 g/mol. The van der Waals surface area contributed by atoms with E-state index in [2.05, 4.69) is 15.3 Å². The number of amides is 1. The molecular formula is C13H19N3O3S. The highest BCUT2D eigenvalue weighted by Gasteiger charge is 2.15. The van der Waals surface area contributed by atoms with E-state index in [-0.39, 0.29) is 12.3 Å². The summed E-state index contributed by atoms with van der Waals surface area (Å²) in [6.45, 7) is 5.22. The van der Waals surface area contributed by atoms with Crippen LogP contribution in [-0.2, 0) is 16.0 Å². The van der Waals surface area contributed by atoms with E-state index in [9.17, 15) is 9.59 Å². The van der Waals surface area contributed by atoms with Crippen LogP contribution in [0.2, 0.25) is 0 Å². The molecule has 1 atom stereocenters. The number of carboxylic acid groups (broad SMARTS) is 1. The summed E-state index contributed by atoms with van der Waals surface area (Å²) in [5, 5.41) is 11.9. The van der Waals surface area contributed by atoms with Crippen LogP contribution in [0, 0.1) is 13.8 Å². The lowest BCUT2D eigenvalue weighted by Crippen LogP contribution is -2.38. The van der Waals surface area contributed by atoms with Gasteiger partial charge in [-0.3, -0.25) is 9.59 Å². The SMILES string of the molecule is CSc1nc(C)c(CCC(=O)N[C@H](C)C(=O)O)c(C)n1. The first-order valence-electron chi connectivity index (χ1n) is 6.25. The first-order valence-corrected chi connectivity index (χ1v) is 7.48. The maximum Gasteiger partial charge on any atom is 0.325 e. The van der Waals surface area contributed by atoms with Crippen LogP contribution < -0.4 is 5.32 Å². The van der Waals surface area contributed by atoms with Crippen molar-refractivity contribution in [2.45, 2.75) is 44.8 Å². The van der Waals surface area contributed by atoms with Gasteiger partial charge in [-0.05, 0) is 39.0 Å². The van der Waals surface area contributed by atoms with Crippen molar-refractivity contribution in [3.8, 4) is 0 Å². The number of carbonyl (C=O) groups is 2. The van der Waals surface area contributed by atoms with Gasteiger partial charge in [-0.1, -0.05) is 11.8 Å². The Kier molecular flexibility index (Phi) is 5.94. The minimum atomic E-state index is -1.04. The van der Waals surface area contributed by atoms with E-state index in [1.54, 1.807) is 0 Å². The van der Waals surface area contributed by atoms with Gasteiger partial charge in [0, 0.05) is 17.8 Å². The van der Waals surface area contributed by atoms with Crippen molar-refractivity contribution in [3.05, 3.63) is 17.0 Å². The fraction of sp³-hybridized carbons (Fsp3) is 0.538. The van der Waals surface area contributed by atoms with Gasteiger partial charge in [0.05, 0.1) is 0 Å². The normalized spacial score (nSPS) is 12.0. The predicted molar refractivity (Wildman–Crippen MR) is 76.8 cm³/mol. The van der Waals surface area contributed by atoms with Gasteiger partial charge in [-0.2, -0.15) is 0 Å². The average Bonchev–Trinajstić information content (AvgIpc) is 2.37. The van der Waals surface area contributed by atoms with E-state index < -0.39 is 12.0 Å². The van der Waals surface area contributed by atoms with Crippen LogP contribution in [0.25, 0.3) is 0 Å². The van der Waals surface area contributed by atoms with Crippen LogP contribution in [0.4, 0.5) is 0 Å². The summed E-state index contributed by atoms with van der Waals surface area (Å²) in [5.74, 6) is -1.33. The largest absolute Gasteiger partial charge is 0.480 e. The zero-order valence-electron chi connectivity index (χ0n) is 12.1. The van der Waals surface area contributed by atoms with Gasteiger partial charge < -0.3 is 10.4 Å². The quantitative estimate of drug-likeness (QED) is 0.608. The molecular weight excluding hydrogens is 278 g/mol. The Bertz CT molecular complexity index is 497. The molecule has 20 heavy (non-hydrogen) atoms. The van der Waals surface area contributed by atoms with Gasteiger partial charge in [0.15, 0.2) is 5.16 Å². The fourth-order valence-corrected chi connectivity index (χ4v) is 2.23. The summed E-state index contributed by atoms with van der Waals surface area (Å²) in [6.07, 6.45) is 2.64. The number of aliphatic carboxylic acids is 1. The number of aromatic nitrogens is 2. The van der Waals surface area contributed by atoms with Gasteiger partial charge in [-0.15, -0.1) is 0 Å². The van der Waals surface area contributed by atoms with Crippen molar-refractivity contribution in [1.29, 1.82) is 0 Å². The Morgan fingerprint density at radius 1 is 1.30 bits per heavy atom. The Balaban J connectivity index is 2.66. The van der Waals surface area contributed by atoms with E-state index in [1.165, 1.54) is 18.7 Å². The molecule has 0 bridgehead atoms. The van der Waals surface area contributed by atoms with Crippen LogP contribution in [0.1, 0.15) is 30.3 Å². The highest BCUT2D eigenvalue weighted by molar-refractivity contribution is 7.98. The molecule has 0 aliphatic carbocycles. The monoisotopic (exact) mass is 297 g/mol. The molecule has 7 heteroatoms. The van der Waals surface area contributed by atoms with Crippen molar-refractivity contribution in [2.24, 2.45) is 0 Å². The Labute approximate surface area is 122 Å². The van der Waals surface area contributed by atoms with Crippen molar-refractivity contribution < 1.29 is 14.7 Å². The highest BCUT2D eigenvalue weighted by Crippen LogP contribution is 2.17.